The summed E-state index contributed by atoms with van der Waals surface area (Å²) in [7, 11) is 3.25. The number of benzene rings is 3. The number of fused-ring (bicyclic) bond motifs is 1. The van der Waals surface area contributed by atoms with Crippen LogP contribution in [0.25, 0.3) is 17.1 Å². The van der Waals surface area contributed by atoms with Crippen LogP contribution in [0.15, 0.2) is 72.8 Å². The largest absolute Gasteiger partial charge is 0.497 e. The molecule has 0 bridgehead atoms. The number of allylic oxidation sites excluding steroid dienone is 1. The lowest BCUT2D eigenvalue weighted by Crippen LogP contribution is -2.26. The van der Waals surface area contributed by atoms with Gasteiger partial charge in [0.25, 0.3) is 5.91 Å². The Kier molecular flexibility index (Phi) is 9.40. The zero-order valence-electron chi connectivity index (χ0n) is 22.3. The van der Waals surface area contributed by atoms with Crippen molar-refractivity contribution in [3.8, 4) is 17.2 Å². The monoisotopic (exact) mass is 513 g/mol. The summed E-state index contributed by atoms with van der Waals surface area (Å²) < 4.78 is 19.0. The van der Waals surface area contributed by atoms with Crippen molar-refractivity contribution in [2.24, 2.45) is 0 Å². The zero-order valence-corrected chi connectivity index (χ0v) is 22.3. The predicted molar refractivity (Wildman–Crippen MR) is 151 cm³/mol. The molecular weight excluding hydrogens is 478 g/mol. The number of hydrogen-bond acceptors (Lipinski definition) is 5. The zero-order chi connectivity index (χ0) is 26.7. The molecule has 198 valence electrons. The average molecular weight is 514 g/mol. The van der Waals surface area contributed by atoms with Crippen molar-refractivity contribution < 1.29 is 19.0 Å². The molecule has 0 fully saturated rings. The topological polar surface area (TPSA) is 74.6 Å². The summed E-state index contributed by atoms with van der Waals surface area (Å²) in [4.78, 5) is 17.4. The van der Waals surface area contributed by atoms with E-state index in [1.54, 1.807) is 26.4 Å². The van der Waals surface area contributed by atoms with E-state index in [4.69, 9.17) is 19.2 Å². The van der Waals surface area contributed by atoms with Gasteiger partial charge in [0, 0.05) is 25.1 Å². The van der Waals surface area contributed by atoms with Crippen molar-refractivity contribution in [3.05, 3.63) is 89.8 Å². The third kappa shape index (κ3) is 6.73. The molecule has 3 aromatic carbocycles. The van der Waals surface area contributed by atoms with Crippen LogP contribution < -0.4 is 19.5 Å². The Labute approximate surface area is 224 Å². The van der Waals surface area contributed by atoms with Crippen LogP contribution in [0, 0.1) is 0 Å². The fraction of sp³-hybridized carbons (Fsp3) is 0.290. The van der Waals surface area contributed by atoms with Crippen LogP contribution in [0.4, 0.5) is 0 Å². The summed E-state index contributed by atoms with van der Waals surface area (Å²) in [6.45, 7) is 3.90. The standard InChI is InChI=1S/C31H35N3O4/c1-4-10-23-15-16-28(29(21-23)37-3)38-20-8-7-19-34-27-14-6-5-13-26(27)33-30(34)17-18-32-31(35)24-11-9-12-25(22-24)36-2/h4-6,9-16,21-22H,7-8,17-20H2,1-3H3,(H,32,35)/b10-4+. The Bertz CT molecular complexity index is 1390. The molecule has 0 radical (unpaired) electrons. The molecule has 0 aliphatic rings. The molecule has 0 saturated heterocycles. The molecule has 4 aromatic rings. The normalized spacial score (nSPS) is 11.1. The van der Waals surface area contributed by atoms with Crippen LogP contribution in [0.3, 0.4) is 0 Å². The summed E-state index contributed by atoms with van der Waals surface area (Å²) in [5, 5.41) is 3.00. The van der Waals surface area contributed by atoms with Gasteiger partial charge in [-0.2, -0.15) is 0 Å². The van der Waals surface area contributed by atoms with Gasteiger partial charge in [-0.3, -0.25) is 4.79 Å². The Balaban J connectivity index is 1.33. The highest BCUT2D eigenvalue weighted by Crippen LogP contribution is 2.29. The predicted octanol–water partition coefficient (Wildman–Crippen LogP) is 5.92. The second-order valence-corrected chi connectivity index (χ2v) is 8.87. The third-order valence-corrected chi connectivity index (χ3v) is 6.28. The van der Waals surface area contributed by atoms with Gasteiger partial charge >= 0.3 is 0 Å². The maximum absolute atomic E-state index is 12.6. The fourth-order valence-electron chi connectivity index (χ4n) is 4.37. The van der Waals surface area contributed by atoms with Gasteiger partial charge in [0.05, 0.1) is 31.9 Å². The summed E-state index contributed by atoms with van der Waals surface area (Å²) >= 11 is 0. The molecule has 4 rings (SSSR count). The molecule has 1 amide bonds. The number of ether oxygens (including phenoxy) is 3. The van der Waals surface area contributed by atoms with Crippen molar-refractivity contribution in [1.82, 2.24) is 14.9 Å². The average Bonchev–Trinajstić information content (AvgIpc) is 3.30. The van der Waals surface area contributed by atoms with Crippen LogP contribution in [-0.4, -0.2) is 42.8 Å². The first kappa shape index (κ1) is 26.8. The Morgan fingerprint density at radius 1 is 0.974 bits per heavy atom. The van der Waals surface area contributed by atoms with Crippen molar-refractivity contribution in [1.29, 1.82) is 0 Å². The molecule has 7 heteroatoms. The van der Waals surface area contributed by atoms with E-state index in [1.165, 1.54) is 0 Å². The Morgan fingerprint density at radius 3 is 2.66 bits per heavy atom. The van der Waals surface area contributed by atoms with Crippen molar-refractivity contribution >= 4 is 23.0 Å². The van der Waals surface area contributed by atoms with Gasteiger partial charge in [0.15, 0.2) is 11.5 Å². The number of aryl methyl sites for hydroxylation is 1. The molecular formula is C31H35N3O4. The van der Waals surface area contributed by atoms with Gasteiger partial charge in [-0.1, -0.05) is 36.4 Å². The van der Waals surface area contributed by atoms with Crippen LogP contribution in [-0.2, 0) is 13.0 Å². The lowest BCUT2D eigenvalue weighted by atomic mass is 10.2. The highest BCUT2D eigenvalue weighted by molar-refractivity contribution is 5.94. The third-order valence-electron chi connectivity index (χ3n) is 6.28. The molecule has 1 heterocycles. The number of nitrogens with one attached hydrogen (secondary N) is 1. The molecule has 0 unspecified atom stereocenters. The van der Waals surface area contributed by atoms with Crippen molar-refractivity contribution in [2.45, 2.75) is 32.7 Å². The number of amides is 1. The van der Waals surface area contributed by atoms with Crippen LogP contribution >= 0.6 is 0 Å². The molecule has 0 aliphatic carbocycles. The van der Waals surface area contributed by atoms with Gasteiger partial charge < -0.3 is 24.1 Å². The molecule has 0 aliphatic heterocycles. The summed E-state index contributed by atoms with van der Waals surface area (Å²) in [5.41, 5.74) is 3.72. The minimum atomic E-state index is -0.127. The van der Waals surface area contributed by atoms with E-state index in [-0.39, 0.29) is 5.91 Å². The maximum Gasteiger partial charge on any atom is 0.251 e. The molecule has 0 atom stereocenters. The van der Waals surface area contributed by atoms with Crippen LogP contribution in [0.5, 0.6) is 17.2 Å². The summed E-state index contributed by atoms with van der Waals surface area (Å²) in [6, 6.07) is 21.2. The molecule has 1 aromatic heterocycles. The molecule has 38 heavy (non-hydrogen) atoms. The van der Waals surface area contributed by atoms with Gasteiger partial charge in [-0.15, -0.1) is 0 Å². The molecule has 0 spiro atoms. The lowest BCUT2D eigenvalue weighted by Gasteiger charge is -2.13. The van der Waals surface area contributed by atoms with Gasteiger partial charge in [-0.05, 0) is 67.8 Å². The number of imidazole rings is 1. The summed E-state index contributed by atoms with van der Waals surface area (Å²) in [6.07, 6.45) is 6.49. The quantitative estimate of drug-likeness (QED) is 0.225. The second kappa shape index (κ2) is 13.3. The Morgan fingerprint density at radius 2 is 1.84 bits per heavy atom. The number of methoxy groups -OCH3 is 2. The summed E-state index contributed by atoms with van der Waals surface area (Å²) in [5.74, 6) is 2.98. The first-order valence-corrected chi connectivity index (χ1v) is 12.9. The number of carbonyl (C=O) groups excluding carboxylic acids is 1. The highest BCUT2D eigenvalue weighted by atomic mass is 16.5. The first-order chi connectivity index (χ1) is 18.6. The number of rotatable bonds is 13. The van der Waals surface area contributed by atoms with E-state index in [9.17, 15) is 4.79 Å². The Hall–Kier alpha value is -4.26. The number of nitrogens with zero attached hydrogens (tertiary/aromatic N) is 2. The van der Waals surface area contributed by atoms with E-state index >= 15 is 0 Å². The first-order valence-electron chi connectivity index (χ1n) is 12.9. The van der Waals surface area contributed by atoms with Gasteiger partial charge in [0.2, 0.25) is 0 Å². The number of para-hydroxylation sites is 2. The smallest absolute Gasteiger partial charge is 0.251 e. The van der Waals surface area contributed by atoms with Gasteiger partial charge in [-0.25, -0.2) is 4.98 Å². The van der Waals surface area contributed by atoms with E-state index < -0.39 is 0 Å². The van der Waals surface area contributed by atoms with Crippen molar-refractivity contribution in [3.63, 3.8) is 0 Å². The lowest BCUT2D eigenvalue weighted by molar-refractivity contribution is 0.0953. The number of aromatic nitrogens is 2. The van der Waals surface area contributed by atoms with Gasteiger partial charge in [0.1, 0.15) is 11.6 Å². The second-order valence-electron chi connectivity index (χ2n) is 8.87. The van der Waals surface area contributed by atoms with E-state index in [0.29, 0.717) is 30.9 Å². The SMILES string of the molecule is C/C=C/c1ccc(OCCCCn2c(CCNC(=O)c3cccc(OC)c3)nc3ccccc32)c(OC)c1. The van der Waals surface area contributed by atoms with Crippen LogP contribution in [0.2, 0.25) is 0 Å². The minimum absolute atomic E-state index is 0.127. The van der Waals surface area contributed by atoms with E-state index in [0.717, 1.165) is 53.3 Å². The van der Waals surface area contributed by atoms with E-state index in [2.05, 4.69) is 16.0 Å². The molecule has 0 saturated carbocycles. The van der Waals surface area contributed by atoms with Crippen molar-refractivity contribution in [2.75, 3.05) is 27.4 Å². The molecule has 7 nitrogen and oxygen atoms in total. The highest BCUT2D eigenvalue weighted by Gasteiger charge is 2.12. The number of hydrogen-bond donors (Lipinski definition) is 1. The van der Waals surface area contributed by atoms with Crippen LogP contribution in [0.1, 0.15) is 41.5 Å². The minimum Gasteiger partial charge on any atom is -0.497 e. The number of carbonyl (C=O) groups is 1. The molecule has 1 N–H and O–H groups in total. The number of unbranched alkanes of at least 4 members (excludes halogenated alkanes) is 1. The van der Waals surface area contributed by atoms with E-state index in [1.807, 2.05) is 67.6 Å². The maximum atomic E-state index is 12.6. The fourth-order valence-corrected chi connectivity index (χ4v) is 4.37.